The van der Waals surface area contributed by atoms with Gasteiger partial charge in [0.1, 0.15) is 0 Å². The molecule has 4 nitrogen and oxygen atoms in total. The second kappa shape index (κ2) is 5.71. The highest BCUT2D eigenvalue weighted by Gasteiger charge is 2.22. The molecular weight excluding hydrogens is 300 g/mol. The van der Waals surface area contributed by atoms with Gasteiger partial charge in [0.15, 0.2) is 0 Å². The van der Waals surface area contributed by atoms with Gasteiger partial charge in [-0.3, -0.25) is 0 Å². The van der Waals surface area contributed by atoms with Gasteiger partial charge in [0, 0.05) is 12.1 Å². The predicted molar refractivity (Wildman–Crippen MR) is 97.3 cm³/mol. The number of anilines is 2. The Morgan fingerprint density at radius 3 is 2.71 bits per heavy atom. The topological polar surface area (TPSA) is 75.3 Å². The first-order chi connectivity index (χ1) is 11.6. The van der Waals surface area contributed by atoms with Gasteiger partial charge in [0.2, 0.25) is 0 Å². The average molecular weight is 320 g/mol. The molecule has 0 atom stereocenters. The van der Waals surface area contributed by atoms with Crippen molar-refractivity contribution < 1.29 is 9.90 Å². The molecule has 1 aliphatic carbocycles. The fourth-order valence-corrected chi connectivity index (χ4v) is 3.86. The number of nitrogen functional groups attached to an aromatic ring is 1. The average Bonchev–Trinajstić information content (AvgIpc) is 2.99. The molecule has 4 N–H and O–H groups in total. The number of carbonyl (C=O) groups is 1. The molecule has 0 saturated heterocycles. The highest BCUT2D eigenvalue weighted by atomic mass is 16.4. The van der Waals surface area contributed by atoms with E-state index in [1.54, 1.807) is 6.07 Å². The van der Waals surface area contributed by atoms with Crippen LogP contribution in [0.15, 0.2) is 30.3 Å². The smallest absolute Gasteiger partial charge is 0.335 e. The number of hydrogen-bond donors (Lipinski definition) is 3. The monoisotopic (exact) mass is 320 g/mol. The summed E-state index contributed by atoms with van der Waals surface area (Å²) in [6.45, 7) is 0.749. The summed E-state index contributed by atoms with van der Waals surface area (Å²) < 4.78 is 0. The minimum Gasteiger partial charge on any atom is -0.478 e. The Hall–Kier alpha value is -2.75. The molecule has 2 aliphatic rings. The van der Waals surface area contributed by atoms with Crippen molar-refractivity contribution in [3.63, 3.8) is 0 Å². The van der Waals surface area contributed by atoms with E-state index in [1.165, 1.54) is 11.1 Å². The maximum Gasteiger partial charge on any atom is 0.335 e. The van der Waals surface area contributed by atoms with E-state index < -0.39 is 5.97 Å². The van der Waals surface area contributed by atoms with Crippen molar-refractivity contribution in [3.05, 3.63) is 58.1 Å². The number of carboxylic acid groups (broad SMARTS) is 1. The van der Waals surface area contributed by atoms with Crippen molar-refractivity contribution >= 4 is 29.0 Å². The Morgan fingerprint density at radius 1 is 1.12 bits per heavy atom. The maximum atomic E-state index is 11.5. The van der Waals surface area contributed by atoms with Crippen LogP contribution in [-0.4, -0.2) is 17.6 Å². The molecule has 0 bridgehead atoms. The number of fused-ring (bicyclic) bond motifs is 2. The van der Waals surface area contributed by atoms with Crippen LogP contribution in [0.3, 0.4) is 0 Å². The second-order valence-corrected chi connectivity index (χ2v) is 6.46. The number of nitrogens with two attached hydrogens (primary N) is 1. The Kier molecular flexibility index (Phi) is 3.53. The van der Waals surface area contributed by atoms with Crippen molar-refractivity contribution in [2.75, 3.05) is 17.6 Å². The lowest BCUT2D eigenvalue weighted by molar-refractivity contribution is 0.0695. The Labute approximate surface area is 141 Å². The highest BCUT2D eigenvalue weighted by Crippen LogP contribution is 2.37. The zero-order valence-electron chi connectivity index (χ0n) is 13.4. The molecular formula is C20H20N2O2. The molecule has 122 valence electrons. The van der Waals surface area contributed by atoms with E-state index in [9.17, 15) is 9.90 Å². The van der Waals surface area contributed by atoms with Crippen molar-refractivity contribution in [2.45, 2.75) is 25.7 Å². The van der Waals surface area contributed by atoms with E-state index in [0.29, 0.717) is 5.56 Å². The standard InChI is InChI=1S/C20H20N2O2/c21-18-7-3-6-15-13(11-22-19(15)18)10-12-8-9-17(20(23)24)16-5-2-1-4-14(12)16/h3,6-10,22H,1-2,4-5,11,21H2,(H,23,24). The number of aromatic carboxylic acids is 1. The van der Waals surface area contributed by atoms with Crippen LogP contribution in [-0.2, 0) is 12.8 Å². The Bertz CT molecular complexity index is 868. The van der Waals surface area contributed by atoms with Gasteiger partial charge >= 0.3 is 5.97 Å². The lowest BCUT2D eigenvalue weighted by atomic mass is 9.84. The van der Waals surface area contributed by atoms with Crippen molar-refractivity contribution in [1.82, 2.24) is 0 Å². The van der Waals surface area contributed by atoms with E-state index in [2.05, 4.69) is 17.5 Å². The van der Waals surface area contributed by atoms with Crippen LogP contribution >= 0.6 is 0 Å². The summed E-state index contributed by atoms with van der Waals surface area (Å²) >= 11 is 0. The van der Waals surface area contributed by atoms with Crippen LogP contribution in [0.4, 0.5) is 11.4 Å². The van der Waals surface area contributed by atoms with Crippen molar-refractivity contribution in [2.24, 2.45) is 0 Å². The molecule has 4 heteroatoms. The van der Waals surface area contributed by atoms with Crippen LogP contribution in [0.5, 0.6) is 0 Å². The minimum absolute atomic E-state index is 0.459. The summed E-state index contributed by atoms with van der Waals surface area (Å²) in [4.78, 5) is 11.5. The third kappa shape index (κ3) is 2.35. The summed E-state index contributed by atoms with van der Waals surface area (Å²) in [7, 11) is 0. The molecule has 0 radical (unpaired) electrons. The van der Waals surface area contributed by atoms with Gasteiger partial charge < -0.3 is 16.2 Å². The second-order valence-electron chi connectivity index (χ2n) is 6.46. The van der Waals surface area contributed by atoms with Gasteiger partial charge in [-0.25, -0.2) is 4.79 Å². The van der Waals surface area contributed by atoms with Gasteiger partial charge in [-0.15, -0.1) is 0 Å². The fourth-order valence-electron chi connectivity index (χ4n) is 3.86. The molecule has 0 unspecified atom stereocenters. The lowest BCUT2D eigenvalue weighted by Gasteiger charge is -2.20. The Morgan fingerprint density at radius 2 is 1.92 bits per heavy atom. The predicted octanol–water partition coefficient (Wildman–Crippen LogP) is 3.81. The normalized spacial score (nSPS) is 17.2. The largest absolute Gasteiger partial charge is 0.478 e. The van der Waals surface area contributed by atoms with E-state index >= 15 is 0 Å². The van der Waals surface area contributed by atoms with Gasteiger partial charge in [0.05, 0.1) is 16.9 Å². The zero-order valence-corrected chi connectivity index (χ0v) is 13.4. The number of carboxylic acids is 1. The quantitative estimate of drug-likeness (QED) is 0.736. The summed E-state index contributed by atoms with van der Waals surface area (Å²) in [5.74, 6) is -0.826. The van der Waals surface area contributed by atoms with Gasteiger partial charge in [-0.2, -0.15) is 0 Å². The van der Waals surface area contributed by atoms with Crippen molar-refractivity contribution in [1.29, 1.82) is 0 Å². The van der Waals surface area contributed by atoms with E-state index in [0.717, 1.165) is 60.3 Å². The first-order valence-electron chi connectivity index (χ1n) is 8.36. The van der Waals surface area contributed by atoms with Crippen LogP contribution in [0.1, 0.15) is 45.5 Å². The van der Waals surface area contributed by atoms with Crippen LogP contribution in [0, 0.1) is 0 Å². The van der Waals surface area contributed by atoms with Crippen LogP contribution in [0.2, 0.25) is 0 Å². The number of para-hydroxylation sites is 1. The molecule has 0 spiro atoms. The Balaban J connectivity index is 1.82. The maximum absolute atomic E-state index is 11.5. The number of rotatable bonds is 2. The van der Waals surface area contributed by atoms with Crippen molar-refractivity contribution in [3.8, 4) is 0 Å². The van der Waals surface area contributed by atoms with E-state index in [1.807, 2.05) is 18.2 Å². The minimum atomic E-state index is -0.826. The van der Waals surface area contributed by atoms with Crippen LogP contribution in [0.25, 0.3) is 11.6 Å². The molecule has 2 aromatic rings. The first kappa shape index (κ1) is 14.8. The lowest BCUT2D eigenvalue weighted by Crippen LogP contribution is -2.12. The summed E-state index contributed by atoms with van der Waals surface area (Å²) in [5, 5.41) is 12.8. The molecule has 0 aromatic heterocycles. The summed E-state index contributed by atoms with van der Waals surface area (Å²) in [5.41, 5.74) is 14.0. The van der Waals surface area contributed by atoms with Gasteiger partial charge in [-0.05, 0) is 66.2 Å². The molecule has 1 aliphatic heterocycles. The molecule has 0 amide bonds. The third-order valence-electron chi connectivity index (χ3n) is 5.03. The highest BCUT2D eigenvalue weighted by molar-refractivity contribution is 5.97. The van der Waals surface area contributed by atoms with E-state index in [-0.39, 0.29) is 0 Å². The zero-order chi connectivity index (χ0) is 16.7. The van der Waals surface area contributed by atoms with Crippen LogP contribution < -0.4 is 11.1 Å². The number of nitrogens with one attached hydrogen (secondary N) is 1. The molecule has 4 rings (SSSR count). The fraction of sp³-hybridized carbons (Fsp3) is 0.250. The number of benzene rings is 2. The molecule has 24 heavy (non-hydrogen) atoms. The molecule has 1 heterocycles. The first-order valence-corrected chi connectivity index (χ1v) is 8.36. The third-order valence-corrected chi connectivity index (χ3v) is 5.03. The summed E-state index contributed by atoms with van der Waals surface area (Å²) in [6, 6.07) is 9.65. The van der Waals surface area contributed by atoms with Gasteiger partial charge in [-0.1, -0.05) is 18.2 Å². The molecule has 0 fully saturated rings. The summed E-state index contributed by atoms with van der Waals surface area (Å²) in [6.07, 6.45) is 6.18. The van der Waals surface area contributed by atoms with Gasteiger partial charge in [0.25, 0.3) is 0 Å². The molecule has 0 saturated carbocycles. The molecule has 2 aromatic carbocycles. The van der Waals surface area contributed by atoms with E-state index in [4.69, 9.17) is 5.73 Å². The SMILES string of the molecule is Nc1cccc2c1NCC2=Cc1ccc(C(=O)O)c2c1CCCC2. The number of hydrogen-bond acceptors (Lipinski definition) is 3.